The first-order valence-corrected chi connectivity index (χ1v) is 8.59. The number of rotatable bonds is 6. The highest BCUT2D eigenvalue weighted by Crippen LogP contribution is 2.31. The summed E-state index contributed by atoms with van der Waals surface area (Å²) in [6, 6.07) is 7.70. The zero-order chi connectivity index (χ0) is 17.7. The number of ether oxygens (including phenoxy) is 1. The minimum absolute atomic E-state index is 0.0355. The normalized spacial score (nSPS) is 22.0. The van der Waals surface area contributed by atoms with E-state index in [1.807, 2.05) is 24.3 Å². The van der Waals surface area contributed by atoms with Crippen molar-refractivity contribution in [2.75, 3.05) is 7.11 Å². The summed E-state index contributed by atoms with van der Waals surface area (Å²) in [6.45, 7) is 4.16. The molecular formula is C19H27NO4. The smallest absolute Gasteiger partial charge is 0.306 e. The Bertz CT molecular complexity index is 559. The van der Waals surface area contributed by atoms with E-state index < -0.39 is 5.97 Å². The Hall–Kier alpha value is -2.04. The number of amides is 1. The first-order chi connectivity index (χ1) is 11.4. The lowest BCUT2D eigenvalue weighted by molar-refractivity contribution is -0.144. The van der Waals surface area contributed by atoms with Gasteiger partial charge in [-0.3, -0.25) is 9.59 Å². The van der Waals surface area contributed by atoms with E-state index in [1.165, 1.54) is 0 Å². The molecule has 0 aliphatic heterocycles. The maximum atomic E-state index is 12.6. The molecule has 5 heteroatoms. The Morgan fingerprint density at radius 1 is 1.08 bits per heavy atom. The molecule has 1 fully saturated rings. The summed E-state index contributed by atoms with van der Waals surface area (Å²) in [5.41, 5.74) is 1.05. The predicted molar refractivity (Wildman–Crippen MR) is 91.8 cm³/mol. The van der Waals surface area contributed by atoms with Crippen LogP contribution in [0.15, 0.2) is 24.3 Å². The monoisotopic (exact) mass is 333 g/mol. The van der Waals surface area contributed by atoms with E-state index in [2.05, 4.69) is 19.2 Å². The van der Waals surface area contributed by atoms with Gasteiger partial charge in [-0.1, -0.05) is 26.0 Å². The SMILES string of the molecule is COc1ccc(C(NC(=O)C2CCC(C(=O)O)CC2)C(C)C)cc1. The number of carbonyl (C=O) groups is 2. The highest BCUT2D eigenvalue weighted by atomic mass is 16.5. The molecule has 0 heterocycles. The average molecular weight is 333 g/mol. The van der Waals surface area contributed by atoms with Crippen LogP contribution in [-0.2, 0) is 9.59 Å². The van der Waals surface area contributed by atoms with Crippen LogP contribution in [0.2, 0.25) is 0 Å². The van der Waals surface area contributed by atoms with Gasteiger partial charge in [0, 0.05) is 5.92 Å². The molecule has 0 saturated heterocycles. The maximum absolute atomic E-state index is 12.6. The molecule has 5 nitrogen and oxygen atoms in total. The molecule has 1 aliphatic rings. The molecule has 0 aromatic heterocycles. The molecule has 0 bridgehead atoms. The summed E-state index contributed by atoms with van der Waals surface area (Å²) in [6.07, 6.45) is 2.47. The lowest BCUT2D eigenvalue weighted by Gasteiger charge is -2.29. The summed E-state index contributed by atoms with van der Waals surface area (Å²) >= 11 is 0. The van der Waals surface area contributed by atoms with Gasteiger partial charge >= 0.3 is 5.97 Å². The van der Waals surface area contributed by atoms with E-state index in [9.17, 15) is 9.59 Å². The van der Waals surface area contributed by atoms with Gasteiger partial charge in [-0.15, -0.1) is 0 Å². The maximum Gasteiger partial charge on any atom is 0.306 e. The number of nitrogens with one attached hydrogen (secondary N) is 1. The number of aliphatic carboxylic acids is 1. The third-order valence-corrected chi connectivity index (χ3v) is 4.89. The summed E-state index contributed by atoms with van der Waals surface area (Å²) < 4.78 is 5.18. The van der Waals surface area contributed by atoms with Gasteiger partial charge < -0.3 is 15.2 Å². The van der Waals surface area contributed by atoms with Gasteiger partial charge in [0.1, 0.15) is 5.75 Å². The molecule has 2 N–H and O–H groups in total. The van der Waals surface area contributed by atoms with Crippen molar-refractivity contribution >= 4 is 11.9 Å². The van der Waals surface area contributed by atoms with E-state index in [-0.39, 0.29) is 29.7 Å². The van der Waals surface area contributed by atoms with E-state index in [0.717, 1.165) is 11.3 Å². The second kappa shape index (κ2) is 8.18. The van der Waals surface area contributed by atoms with Crippen molar-refractivity contribution in [2.24, 2.45) is 17.8 Å². The highest BCUT2D eigenvalue weighted by Gasteiger charge is 2.31. The number of carboxylic acid groups (broad SMARTS) is 1. The lowest BCUT2D eigenvalue weighted by atomic mass is 9.81. The Balaban J connectivity index is 1.99. The molecule has 24 heavy (non-hydrogen) atoms. The number of hydrogen-bond donors (Lipinski definition) is 2. The van der Waals surface area contributed by atoms with Gasteiger partial charge in [-0.2, -0.15) is 0 Å². The van der Waals surface area contributed by atoms with Gasteiger partial charge in [0.05, 0.1) is 19.1 Å². The number of hydrogen-bond acceptors (Lipinski definition) is 3. The van der Waals surface area contributed by atoms with Crippen LogP contribution in [0.3, 0.4) is 0 Å². The summed E-state index contributed by atoms with van der Waals surface area (Å²) in [4.78, 5) is 23.6. The van der Waals surface area contributed by atoms with Crippen molar-refractivity contribution in [3.63, 3.8) is 0 Å². The molecule has 1 unspecified atom stereocenters. The fourth-order valence-corrected chi connectivity index (χ4v) is 3.32. The molecule has 0 radical (unpaired) electrons. The van der Waals surface area contributed by atoms with E-state index >= 15 is 0 Å². The predicted octanol–water partition coefficient (Wildman–Crippen LogP) is 3.40. The van der Waals surface area contributed by atoms with E-state index in [1.54, 1.807) is 7.11 Å². The minimum atomic E-state index is -0.743. The number of benzene rings is 1. The van der Waals surface area contributed by atoms with Crippen LogP contribution in [0.4, 0.5) is 0 Å². The molecule has 132 valence electrons. The van der Waals surface area contributed by atoms with Crippen molar-refractivity contribution in [1.29, 1.82) is 0 Å². The topological polar surface area (TPSA) is 75.6 Å². The van der Waals surface area contributed by atoms with E-state index in [0.29, 0.717) is 25.7 Å². The van der Waals surface area contributed by atoms with Crippen LogP contribution in [0.1, 0.15) is 51.1 Å². The fourth-order valence-electron chi connectivity index (χ4n) is 3.32. The number of methoxy groups -OCH3 is 1. The molecule has 2 rings (SSSR count). The Labute approximate surface area is 143 Å². The van der Waals surface area contributed by atoms with Crippen molar-refractivity contribution in [2.45, 2.75) is 45.6 Å². The zero-order valence-corrected chi connectivity index (χ0v) is 14.6. The van der Waals surface area contributed by atoms with Crippen molar-refractivity contribution < 1.29 is 19.4 Å². The third kappa shape index (κ3) is 4.49. The standard InChI is InChI=1S/C19H27NO4/c1-12(2)17(13-8-10-16(24-3)11-9-13)20-18(21)14-4-6-15(7-5-14)19(22)23/h8-12,14-15,17H,4-7H2,1-3H3,(H,20,21)(H,22,23). The Kier molecular flexibility index (Phi) is 6.23. The van der Waals surface area contributed by atoms with E-state index in [4.69, 9.17) is 9.84 Å². The fraction of sp³-hybridized carbons (Fsp3) is 0.579. The molecular weight excluding hydrogens is 306 g/mol. The lowest BCUT2D eigenvalue weighted by Crippen LogP contribution is -2.38. The highest BCUT2D eigenvalue weighted by molar-refractivity contribution is 5.79. The molecule has 1 aliphatic carbocycles. The van der Waals surface area contributed by atoms with Gasteiger partial charge in [-0.05, 0) is 49.3 Å². The minimum Gasteiger partial charge on any atom is -0.497 e. The second-order valence-electron chi connectivity index (χ2n) is 6.89. The second-order valence-corrected chi connectivity index (χ2v) is 6.89. The number of carboxylic acids is 1. The van der Waals surface area contributed by atoms with Crippen LogP contribution < -0.4 is 10.1 Å². The van der Waals surface area contributed by atoms with Crippen molar-refractivity contribution in [1.82, 2.24) is 5.32 Å². The number of carbonyl (C=O) groups excluding carboxylic acids is 1. The molecule has 1 aromatic rings. The van der Waals surface area contributed by atoms with Crippen LogP contribution >= 0.6 is 0 Å². The molecule has 1 atom stereocenters. The van der Waals surface area contributed by atoms with Gasteiger partial charge in [0.15, 0.2) is 0 Å². The summed E-state index contributed by atoms with van der Waals surface area (Å²) in [5, 5.41) is 12.2. The van der Waals surface area contributed by atoms with Crippen LogP contribution in [-0.4, -0.2) is 24.1 Å². The summed E-state index contributed by atoms with van der Waals surface area (Å²) in [5.74, 6) is -0.0329. The first-order valence-electron chi connectivity index (χ1n) is 8.59. The molecule has 0 spiro atoms. The summed E-state index contributed by atoms with van der Waals surface area (Å²) in [7, 11) is 1.63. The van der Waals surface area contributed by atoms with Gasteiger partial charge in [0.25, 0.3) is 0 Å². The first kappa shape index (κ1) is 18.3. The van der Waals surface area contributed by atoms with Crippen LogP contribution in [0.5, 0.6) is 5.75 Å². The Morgan fingerprint density at radius 2 is 1.62 bits per heavy atom. The average Bonchev–Trinajstić information content (AvgIpc) is 2.59. The van der Waals surface area contributed by atoms with Gasteiger partial charge in [0.2, 0.25) is 5.91 Å². The molecule has 1 amide bonds. The molecule has 1 saturated carbocycles. The Morgan fingerprint density at radius 3 is 2.08 bits per heavy atom. The van der Waals surface area contributed by atoms with Crippen molar-refractivity contribution in [3.05, 3.63) is 29.8 Å². The third-order valence-electron chi connectivity index (χ3n) is 4.89. The zero-order valence-electron chi connectivity index (χ0n) is 14.6. The van der Waals surface area contributed by atoms with Crippen LogP contribution in [0, 0.1) is 17.8 Å². The van der Waals surface area contributed by atoms with Crippen LogP contribution in [0.25, 0.3) is 0 Å². The van der Waals surface area contributed by atoms with Gasteiger partial charge in [-0.25, -0.2) is 0 Å². The van der Waals surface area contributed by atoms with Crippen molar-refractivity contribution in [3.8, 4) is 5.75 Å². The quantitative estimate of drug-likeness (QED) is 0.836. The largest absolute Gasteiger partial charge is 0.497 e. The molecule has 1 aromatic carbocycles.